The Morgan fingerprint density at radius 3 is 2.75 bits per heavy atom. The summed E-state index contributed by atoms with van der Waals surface area (Å²) in [7, 11) is 1.61. The predicted molar refractivity (Wildman–Crippen MR) is 106 cm³/mol. The van der Waals surface area contributed by atoms with Crippen LogP contribution in [0.15, 0.2) is 65.6 Å². The summed E-state index contributed by atoms with van der Waals surface area (Å²) in [5.41, 5.74) is 1.08. The summed E-state index contributed by atoms with van der Waals surface area (Å²) < 4.78 is 12.5. The smallest absolute Gasteiger partial charge is 0.263 e. The summed E-state index contributed by atoms with van der Waals surface area (Å²) >= 11 is 0. The minimum Gasteiger partial charge on any atom is -0.497 e. The summed E-state index contributed by atoms with van der Waals surface area (Å²) in [6, 6.07) is 16.9. The molecule has 0 spiro atoms. The van der Waals surface area contributed by atoms with Crippen molar-refractivity contribution in [2.24, 2.45) is 0 Å². The number of hydrogen-bond acceptors (Lipinski definition) is 6. The van der Waals surface area contributed by atoms with Gasteiger partial charge < -0.3 is 14.8 Å². The van der Waals surface area contributed by atoms with Gasteiger partial charge in [-0.2, -0.15) is 10.1 Å². The standard InChI is InChI=1S/C20H19N5O3/c1-27-15-8-5-9-16(12-15)28-11-10-21-20-23-18-17(19(26)24-20)13-22-25(18)14-6-3-2-4-7-14/h2-9,12-13H,10-11H2,1H3,(H2,21,23,24,26). The van der Waals surface area contributed by atoms with Crippen LogP contribution in [0.25, 0.3) is 16.7 Å². The molecule has 0 saturated heterocycles. The highest BCUT2D eigenvalue weighted by Gasteiger charge is 2.11. The van der Waals surface area contributed by atoms with Crippen molar-refractivity contribution in [1.29, 1.82) is 0 Å². The SMILES string of the molecule is COc1cccc(OCCNc2nc3c(cnn3-c3ccccc3)c(=O)[nH]2)c1. The number of para-hydroxylation sites is 1. The number of methoxy groups -OCH3 is 1. The van der Waals surface area contributed by atoms with Crippen molar-refractivity contribution >= 4 is 17.0 Å². The van der Waals surface area contributed by atoms with E-state index in [4.69, 9.17) is 9.47 Å². The van der Waals surface area contributed by atoms with E-state index in [1.54, 1.807) is 11.8 Å². The average molecular weight is 377 g/mol. The lowest BCUT2D eigenvalue weighted by Crippen LogP contribution is -2.17. The molecule has 0 unspecified atom stereocenters. The summed E-state index contributed by atoms with van der Waals surface area (Å²) in [4.78, 5) is 19.6. The molecule has 4 rings (SSSR count). The van der Waals surface area contributed by atoms with Crippen molar-refractivity contribution in [3.05, 3.63) is 71.1 Å². The van der Waals surface area contributed by atoms with Gasteiger partial charge in [0.05, 0.1) is 25.5 Å². The van der Waals surface area contributed by atoms with Gasteiger partial charge in [0.2, 0.25) is 5.95 Å². The minimum atomic E-state index is -0.247. The van der Waals surface area contributed by atoms with E-state index in [2.05, 4.69) is 20.4 Å². The quantitative estimate of drug-likeness (QED) is 0.481. The second-order valence-corrected chi connectivity index (χ2v) is 6.00. The van der Waals surface area contributed by atoms with Gasteiger partial charge in [0.1, 0.15) is 23.5 Å². The van der Waals surface area contributed by atoms with Gasteiger partial charge >= 0.3 is 0 Å². The van der Waals surface area contributed by atoms with E-state index < -0.39 is 0 Å². The van der Waals surface area contributed by atoms with Gasteiger partial charge in [0.25, 0.3) is 5.56 Å². The first-order chi connectivity index (χ1) is 13.7. The third-order valence-corrected chi connectivity index (χ3v) is 4.14. The van der Waals surface area contributed by atoms with E-state index in [0.717, 1.165) is 11.4 Å². The van der Waals surface area contributed by atoms with Crippen molar-refractivity contribution in [2.45, 2.75) is 0 Å². The molecule has 2 aromatic heterocycles. The van der Waals surface area contributed by atoms with E-state index in [0.29, 0.717) is 35.9 Å². The molecule has 0 atom stereocenters. The van der Waals surface area contributed by atoms with Crippen molar-refractivity contribution in [3.63, 3.8) is 0 Å². The van der Waals surface area contributed by atoms with E-state index >= 15 is 0 Å². The van der Waals surface area contributed by atoms with Crippen LogP contribution in [0.2, 0.25) is 0 Å². The molecule has 0 aliphatic carbocycles. The van der Waals surface area contributed by atoms with Crippen LogP contribution in [0, 0.1) is 0 Å². The maximum atomic E-state index is 12.3. The Balaban J connectivity index is 1.47. The van der Waals surface area contributed by atoms with Gasteiger partial charge in [-0.15, -0.1) is 0 Å². The van der Waals surface area contributed by atoms with Gasteiger partial charge in [-0.25, -0.2) is 4.68 Å². The number of aromatic nitrogens is 4. The van der Waals surface area contributed by atoms with Crippen molar-refractivity contribution < 1.29 is 9.47 Å². The van der Waals surface area contributed by atoms with Gasteiger partial charge in [0, 0.05) is 6.07 Å². The Bertz CT molecular complexity index is 1140. The fourth-order valence-corrected chi connectivity index (χ4v) is 2.79. The number of nitrogens with one attached hydrogen (secondary N) is 2. The Labute approximate surface area is 160 Å². The van der Waals surface area contributed by atoms with Crippen molar-refractivity contribution in [2.75, 3.05) is 25.6 Å². The average Bonchev–Trinajstić information content (AvgIpc) is 3.17. The van der Waals surface area contributed by atoms with Crippen LogP contribution in [0.5, 0.6) is 11.5 Å². The monoisotopic (exact) mass is 377 g/mol. The minimum absolute atomic E-state index is 0.247. The topological polar surface area (TPSA) is 94.1 Å². The van der Waals surface area contributed by atoms with Gasteiger partial charge in [-0.3, -0.25) is 9.78 Å². The van der Waals surface area contributed by atoms with Crippen LogP contribution in [0.4, 0.5) is 5.95 Å². The number of H-pyrrole nitrogens is 1. The Kier molecular flexibility index (Phi) is 4.92. The molecule has 2 aromatic carbocycles. The number of rotatable bonds is 7. The summed E-state index contributed by atoms with van der Waals surface area (Å²) in [5, 5.41) is 7.80. The molecule has 8 heteroatoms. The number of hydrogen-bond donors (Lipinski definition) is 2. The summed E-state index contributed by atoms with van der Waals surface area (Å²) in [6.07, 6.45) is 1.52. The predicted octanol–water partition coefficient (Wildman–Crippen LogP) is 2.61. The highest BCUT2D eigenvalue weighted by Crippen LogP contribution is 2.18. The van der Waals surface area contributed by atoms with Gasteiger partial charge in [0.15, 0.2) is 5.65 Å². The second kappa shape index (κ2) is 7.83. The normalized spacial score (nSPS) is 10.8. The molecule has 0 fully saturated rings. The van der Waals surface area contributed by atoms with E-state index in [1.165, 1.54) is 6.20 Å². The van der Waals surface area contributed by atoms with Crippen LogP contribution >= 0.6 is 0 Å². The number of benzene rings is 2. The maximum Gasteiger partial charge on any atom is 0.263 e. The molecular weight excluding hydrogens is 358 g/mol. The molecule has 142 valence electrons. The Hall–Kier alpha value is -3.81. The first kappa shape index (κ1) is 17.6. The number of fused-ring (bicyclic) bond motifs is 1. The molecule has 28 heavy (non-hydrogen) atoms. The van der Waals surface area contributed by atoms with Crippen LogP contribution in [-0.4, -0.2) is 40.0 Å². The van der Waals surface area contributed by atoms with Crippen molar-refractivity contribution in [3.8, 4) is 17.2 Å². The molecule has 0 aliphatic rings. The lowest BCUT2D eigenvalue weighted by molar-refractivity contribution is 0.329. The van der Waals surface area contributed by atoms with Gasteiger partial charge in [-0.05, 0) is 24.3 Å². The van der Waals surface area contributed by atoms with Crippen LogP contribution in [0.3, 0.4) is 0 Å². The first-order valence-electron chi connectivity index (χ1n) is 8.79. The fraction of sp³-hybridized carbons (Fsp3) is 0.150. The summed E-state index contributed by atoms with van der Waals surface area (Å²) in [6.45, 7) is 0.859. The molecule has 0 amide bonds. The molecule has 8 nitrogen and oxygen atoms in total. The number of nitrogens with zero attached hydrogens (tertiary/aromatic N) is 3. The zero-order valence-corrected chi connectivity index (χ0v) is 15.3. The number of anilines is 1. The van der Waals surface area contributed by atoms with Crippen LogP contribution in [-0.2, 0) is 0 Å². The number of aromatic amines is 1. The molecule has 2 heterocycles. The first-order valence-corrected chi connectivity index (χ1v) is 8.79. The molecule has 0 bridgehead atoms. The molecule has 2 N–H and O–H groups in total. The summed E-state index contributed by atoms with van der Waals surface area (Å²) in [5.74, 6) is 1.81. The van der Waals surface area contributed by atoms with E-state index in [-0.39, 0.29) is 5.56 Å². The molecule has 0 saturated carbocycles. The molecule has 0 radical (unpaired) electrons. The third-order valence-electron chi connectivity index (χ3n) is 4.14. The molecular formula is C20H19N5O3. The second-order valence-electron chi connectivity index (χ2n) is 6.00. The molecule has 4 aromatic rings. The third kappa shape index (κ3) is 3.66. The van der Waals surface area contributed by atoms with Gasteiger partial charge in [-0.1, -0.05) is 24.3 Å². The highest BCUT2D eigenvalue weighted by atomic mass is 16.5. The zero-order valence-electron chi connectivity index (χ0n) is 15.3. The Morgan fingerprint density at radius 1 is 1.11 bits per heavy atom. The lowest BCUT2D eigenvalue weighted by atomic mass is 10.3. The van der Waals surface area contributed by atoms with E-state index in [9.17, 15) is 4.79 Å². The number of ether oxygens (including phenoxy) is 2. The highest BCUT2D eigenvalue weighted by molar-refractivity contribution is 5.76. The van der Waals surface area contributed by atoms with Crippen molar-refractivity contribution in [1.82, 2.24) is 19.7 Å². The molecule has 0 aliphatic heterocycles. The Morgan fingerprint density at radius 2 is 1.93 bits per heavy atom. The zero-order chi connectivity index (χ0) is 19.3. The fourth-order valence-electron chi connectivity index (χ4n) is 2.79. The largest absolute Gasteiger partial charge is 0.497 e. The maximum absolute atomic E-state index is 12.3. The van der Waals surface area contributed by atoms with E-state index in [1.807, 2.05) is 54.6 Å². The lowest BCUT2D eigenvalue weighted by Gasteiger charge is -2.09. The van der Waals surface area contributed by atoms with Crippen LogP contribution in [0.1, 0.15) is 0 Å². The van der Waals surface area contributed by atoms with Crippen LogP contribution < -0.4 is 20.3 Å².